The quantitative estimate of drug-likeness (QED) is 0.210. The summed E-state index contributed by atoms with van der Waals surface area (Å²) >= 11 is 1.09. The van der Waals surface area contributed by atoms with Gasteiger partial charge in [-0.1, -0.05) is 47.7 Å². The van der Waals surface area contributed by atoms with Crippen LogP contribution in [-0.2, 0) is 23.1 Å². The molecule has 0 saturated carbocycles. The van der Waals surface area contributed by atoms with Crippen molar-refractivity contribution in [2.24, 2.45) is 0 Å². The van der Waals surface area contributed by atoms with Gasteiger partial charge < -0.3 is 20.7 Å². The van der Waals surface area contributed by atoms with E-state index in [9.17, 15) is 18.3 Å². The zero-order chi connectivity index (χ0) is 22.1. The zero-order valence-corrected chi connectivity index (χ0v) is 21.3. The van der Waals surface area contributed by atoms with Gasteiger partial charge in [0.25, 0.3) is 0 Å². The average Bonchev–Trinajstić information content (AvgIpc) is 3.16. The van der Waals surface area contributed by atoms with Crippen molar-refractivity contribution in [1.29, 1.82) is 0 Å². The second-order valence-electron chi connectivity index (χ2n) is 7.22. The van der Waals surface area contributed by atoms with Crippen molar-refractivity contribution in [3.05, 3.63) is 63.3 Å². The fourth-order valence-corrected chi connectivity index (χ4v) is 4.80. The van der Waals surface area contributed by atoms with E-state index in [0.29, 0.717) is 49.3 Å². The van der Waals surface area contributed by atoms with Crippen LogP contribution in [0.3, 0.4) is 0 Å². The van der Waals surface area contributed by atoms with E-state index in [4.69, 9.17) is 0 Å². The van der Waals surface area contributed by atoms with Crippen LogP contribution in [-0.4, -0.2) is 49.6 Å². The first kappa shape index (κ1) is 29.2. The number of benzene rings is 2. The molecule has 0 amide bonds. The van der Waals surface area contributed by atoms with Crippen molar-refractivity contribution in [3.63, 3.8) is 0 Å². The Kier molecular flexibility index (Phi) is 13.3. The van der Waals surface area contributed by atoms with Gasteiger partial charge in [0.15, 0.2) is 0 Å². The Hall–Kier alpha value is -1.88. The van der Waals surface area contributed by atoms with Gasteiger partial charge in [0.2, 0.25) is 10.3 Å². The highest BCUT2D eigenvalue weighted by molar-refractivity contribution is 7.73. The summed E-state index contributed by atoms with van der Waals surface area (Å²) in [5.74, 6) is 0.0691. The largest absolute Gasteiger partial charge is 0.506 e. The summed E-state index contributed by atoms with van der Waals surface area (Å²) in [5.41, 5.74) is 2.71. The molecule has 0 aliphatic rings. The smallest absolute Gasteiger partial charge is 0.305 e. The fraction of sp³-hybridized carbons (Fsp3) is 0.364. The number of hydrogen-bond acceptors (Lipinski definition) is 7. The predicted octanol–water partition coefficient (Wildman–Crippen LogP) is 2.93. The molecule has 0 unspecified atom stereocenters. The van der Waals surface area contributed by atoms with Crippen molar-refractivity contribution in [3.8, 4) is 5.75 Å². The Bertz CT molecular complexity index is 1190. The summed E-state index contributed by atoms with van der Waals surface area (Å²) in [6.07, 6.45) is 2.57. The second kappa shape index (κ2) is 15.1. The first-order chi connectivity index (χ1) is 15.0. The summed E-state index contributed by atoms with van der Waals surface area (Å²) in [6, 6.07) is 13.6. The Labute approximate surface area is 211 Å². The van der Waals surface area contributed by atoms with Crippen molar-refractivity contribution < 1.29 is 13.5 Å². The predicted molar refractivity (Wildman–Crippen MR) is 141 cm³/mol. The van der Waals surface area contributed by atoms with Gasteiger partial charge in [-0.2, -0.15) is 8.42 Å². The lowest BCUT2D eigenvalue weighted by Crippen LogP contribution is -2.24. The van der Waals surface area contributed by atoms with Crippen LogP contribution in [0.1, 0.15) is 24.0 Å². The minimum absolute atomic E-state index is 0. The molecule has 2 aromatic carbocycles. The summed E-state index contributed by atoms with van der Waals surface area (Å²) in [5, 5.41) is 16.4. The third kappa shape index (κ3) is 9.11. The standard InChI is InChI=1S/C22H27N3O4S2.2ClH/c26-19-7-6-17(21-20(19)25-22(27)30-21)9-13-24-15-11-18(31(28)29)10-14-23-12-8-16-4-2-1-3-5-16;;/h1-7,23-24,26H,8-15H2,(H,25,27);2*1H. The molecular weight excluding hydrogens is 505 g/mol. The summed E-state index contributed by atoms with van der Waals surface area (Å²) in [6.45, 7) is 2.67. The van der Waals surface area contributed by atoms with Crippen LogP contribution in [0.5, 0.6) is 5.75 Å². The summed E-state index contributed by atoms with van der Waals surface area (Å²) in [4.78, 5) is 14.5. The van der Waals surface area contributed by atoms with Crippen LogP contribution in [0.25, 0.3) is 10.2 Å². The number of H-pyrrole nitrogens is 1. The lowest BCUT2D eigenvalue weighted by Gasteiger charge is -2.08. The van der Waals surface area contributed by atoms with E-state index in [0.717, 1.165) is 34.6 Å². The maximum Gasteiger partial charge on any atom is 0.305 e. The second-order valence-corrected chi connectivity index (χ2v) is 9.25. The molecule has 11 heteroatoms. The van der Waals surface area contributed by atoms with E-state index in [1.165, 1.54) is 5.56 Å². The zero-order valence-electron chi connectivity index (χ0n) is 18.0. The molecule has 0 aliphatic heterocycles. The molecular formula is C22H29Cl2N3O4S2. The molecule has 182 valence electrons. The molecule has 0 radical (unpaired) electrons. The van der Waals surface area contributed by atoms with Crippen LogP contribution >= 0.6 is 36.2 Å². The van der Waals surface area contributed by atoms with Crippen molar-refractivity contribution in [2.75, 3.05) is 26.2 Å². The number of fused-ring (bicyclic) bond motifs is 1. The molecule has 0 atom stereocenters. The molecule has 3 aromatic rings. The minimum atomic E-state index is -2.18. The van der Waals surface area contributed by atoms with E-state index in [-0.39, 0.29) is 35.4 Å². The maximum absolute atomic E-state index is 11.6. The number of aromatic hydroxyl groups is 1. The van der Waals surface area contributed by atoms with Gasteiger partial charge in [0, 0.05) is 0 Å². The fourth-order valence-electron chi connectivity index (χ4n) is 3.37. The van der Waals surface area contributed by atoms with E-state index in [1.807, 2.05) is 24.3 Å². The SMILES string of the molecule is Cl.Cl.O=c1[nH]c2c(O)ccc(CCNCCC(CCNCCc3ccccc3)=S(=O)=O)c2s1. The molecule has 0 spiro atoms. The molecule has 0 bridgehead atoms. The molecule has 4 N–H and O–H groups in total. The average molecular weight is 535 g/mol. The lowest BCUT2D eigenvalue weighted by molar-refractivity contribution is 0.480. The topological polar surface area (TPSA) is 111 Å². The molecule has 1 heterocycles. The van der Waals surface area contributed by atoms with E-state index in [2.05, 4.69) is 27.8 Å². The summed E-state index contributed by atoms with van der Waals surface area (Å²) in [7, 11) is -2.18. The van der Waals surface area contributed by atoms with Crippen LogP contribution in [0.2, 0.25) is 0 Å². The molecule has 33 heavy (non-hydrogen) atoms. The van der Waals surface area contributed by atoms with E-state index < -0.39 is 10.3 Å². The summed E-state index contributed by atoms with van der Waals surface area (Å²) < 4.78 is 23.8. The third-order valence-corrected chi connectivity index (χ3v) is 6.88. The number of hydrogen-bond donors (Lipinski definition) is 4. The Balaban J connectivity index is 0.00000272. The highest BCUT2D eigenvalue weighted by atomic mass is 35.5. The number of thiazole rings is 1. The van der Waals surface area contributed by atoms with Crippen LogP contribution in [0.4, 0.5) is 0 Å². The van der Waals surface area contributed by atoms with Crippen molar-refractivity contribution in [2.45, 2.75) is 25.7 Å². The van der Waals surface area contributed by atoms with Gasteiger partial charge in [0.05, 0.1) is 9.56 Å². The Morgan fingerprint density at radius 1 is 0.909 bits per heavy atom. The molecule has 0 fully saturated rings. The number of halogens is 2. The van der Waals surface area contributed by atoms with Crippen molar-refractivity contribution in [1.82, 2.24) is 15.6 Å². The van der Waals surface area contributed by atoms with Crippen LogP contribution < -0.4 is 15.5 Å². The van der Waals surface area contributed by atoms with Crippen LogP contribution in [0.15, 0.2) is 47.3 Å². The van der Waals surface area contributed by atoms with Gasteiger partial charge in [-0.05, 0) is 69.1 Å². The number of nitrogens with one attached hydrogen (secondary N) is 3. The molecule has 1 aromatic heterocycles. The maximum atomic E-state index is 11.6. The number of aromatic nitrogens is 1. The molecule has 7 nitrogen and oxygen atoms in total. The van der Waals surface area contributed by atoms with E-state index in [1.54, 1.807) is 6.07 Å². The Morgan fingerprint density at radius 2 is 1.55 bits per heavy atom. The normalized spacial score (nSPS) is 10.4. The van der Waals surface area contributed by atoms with Gasteiger partial charge in [-0.25, -0.2) is 0 Å². The number of rotatable bonds is 12. The van der Waals surface area contributed by atoms with Gasteiger partial charge >= 0.3 is 4.87 Å². The van der Waals surface area contributed by atoms with Crippen molar-refractivity contribution >= 4 is 61.5 Å². The molecule has 3 rings (SSSR count). The highest BCUT2D eigenvalue weighted by Gasteiger charge is 2.09. The van der Waals surface area contributed by atoms with E-state index >= 15 is 0 Å². The third-order valence-electron chi connectivity index (χ3n) is 5.04. The van der Waals surface area contributed by atoms with Gasteiger partial charge in [0.1, 0.15) is 11.3 Å². The highest BCUT2D eigenvalue weighted by Crippen LogP contribution is 2.27. The lowest BCUT2D eigenvalue weighted by atomic mass is 10.1. The number of phenolic OH excluding ortho intramolecular Hbond substituents is 1. The van der Waals surface area contributed by atoms with Gasteiger partial charge in [-0.3, -0.25) is 4.79 Å². The molecule has 0 saturated heterocycles. The molecule has 0 aliphatic carbocycles. The first-order valence-corrected chi connectivity index (χ1v) is 12.2. The number of aromatic amines is 1. The Morgan fingerprint density at radius 3 is 2.18 bits per heavy atom. The first-order valence-electron chi connectivity index (χ1n) is 10.3. The minimum Gasteiger partial charge on any atom is -0.506 e. The monoisotopic (exact) mass is 533 g/mol. The van der Waals surface area contributed by atoms with Gasteiger partial charge in [-0.15, -0.1) is 24.8 Å². The number of phenols is 1. The van der Waals surface area contributed by atoms with Crippen LogP contribution in [0, 0.1) is 0 Å².